The molecule has 0 radical (unpaired) electrons. The van der Waals surface area contributed by atoms with E-state index in [2.05, 4.69) is 10.0 Å². The molecule has 0 saturated heterocycles. The molecule has 0 aliphatic rings. The lowest BCUT2D eigenvalue weighted by Crippen LogP contribution is -2.42. The zero-order valence-electron chi connectivity index (χ0n) is 13.1. The standard InChI is InChI=1S/C14H23ClN2O3S/c1-6-14(2,3)17-21(18,19)12-8-11(15)7-10(9-16-4)13(12)20-5/h7-8,16-17H,6,9H2,1-5H3. The normalized spacial score (nSPS) is 12.5. The van der Waals surface area contributed by atoms with Crippen molar-refractivity contribution in [2.75, 3.05) is 14.2 Å². The summed E-state index contributed by atoms with van der Waals surface area (Å²) < 4.78 is 33.2. The molecule has 2 N–H and O–H groups in total. The van der Waals surface area contributed by atoms with Crippen LogP contribution in [0.4, 0.5) is 0 Å². The third kappa shape index (κ3) is 4.57. The second-order valence-electron chi connectivity index (χ2n) is 5.47. The van der Waals surface area contributed by atoms with Gasteiger partial charge in [-0.1, -0.05) is 18.5 Å². The quantitative estimate of drug-likeness (QED) is 0.804. The highest BCUT2D eigenvalue weighted by Gasteiger charge is 2.28. The number of halogens is 1. The van der Waals surface area contributed by atoms with Gasteiger partial charge in [-0.2, -0.15) is 0 Å². The fourth-order valence-corrected chi connectivity index (χ4v) is 3.89. The Balaban J connectivity index is 3.41. The average molecular weight is 335 g/mol. The van der Waals surface area contributed by atoms with Crippen molar-refractivity contribution in [1.82, 2.24) is 10.0 Å². The summed E-state index contributed by atoms with van der Waals surface area (Å²) >= 11 is 6.05. The van der Waals surface area contributed by atoms with Gasteiger partial charge in [0.15, 0.2) is 0 Å². The van der Waals surface area contributed by atoms with Crippen LogP contribution >= 0.6 is 11.6 Å². The molecule has 0 aliphatic carbocycles. The number of hydrogen-bond acceptors (Lipinski definition) is 4. The SMILES string of the molecule is CCC(C)(C)NS(=O)(=O)c1cc(Cl)cc(CNC)c1OC. The van der Waals surface area contributed by atoms with Crippen molar-refractivity contribution in [3.8, 4) is 5.75 Å². The van der Waals surface area contributed by atoms with Crippen LogP contribution in [-0.4, -0.2) is 28.1 Å². The van der Waals surface area contributed by atoms with E-state index >= 15 is 0 Å². The average Bonchev–Trinajstić information content (AvgIpc) is 2.37. The topological polar surface area (TPSA) is 67.4 Å². The van der Waals surface area contributed by atoms with Crippen LogP contribution < -0.4 is 14.8 Å². The van der Waals surface area contributed by atoms with Crippen LogP contribution in [0.2, 0.25) is 5.02 Å². The molecule has 0 bridgehead atoms. The van der Waals surface area contributed by atoms with E-state index in [1.165, 1.54) is 13.2 Å². The van der Waals surface area contributed by atoms with Crippen LogP contribution in [0.3, 0.4) is 0 Å². The molecule has 0 aliphatic heterocycles. The van der Waals surface area contributed by atoms with Gasteiger partial charge in [0.25, 0.3) is 0 Å². The van der Waals surface area contributed by atoms with Crippen molar-refractivity contribution in [1.29, 1.82) is 0 Å². The van der Waals surface area contributed by atoms with Gasteiger partial charge in [-0.3, -0.25) is 0 Å². The van der Waals surface area contributed by atoms with Crippen molar-refractivity contribution >= 4 is 21.6 Å². The Kier molecular flexibility index (Phi) is 6.04. The van der Waals surface area contributed by atoms with Crippen LogP contribution in [0.25, 0.3) is 0 Å². The number of methoxy groups -OCH3 is 1. The summed E-state index contributed by atoms with van der Waals surface area (Å²) in [5, 5.41) is 3.33. The number of hydrogen-bond donors (Lipinski definition) is 2. The largest absolute Gasteiger partial charge is 0.495 e. The monoisotopic (exact) mass is 334 g/mol. The lowest BCUT2D eigenvalue weighted by atomic mass is 10.0. The number of ether oxygens (including phenoxy) is 1. The summed E-state index contributed by atoms with van der Waals surface area (Å²) in [6.45, 7) is 6.04. The highest BCUT2D eigenvalue weighted by Crippen LogP contribution is 2.32. The lowest BCUT2D eigenvalue weighted by molar-refractivity contribution is 0.393. The van der Waals surface area contributed by atoms with Gasteiger partial charge in [-0.05, 0) is 39.4 Å². The molecule has 1 aromatic carbocycles. The molecule has 0 amide bonds. The Labute approximate surface area is 132 Å². The fraction of sp³-hybridized carbons (Fsp3) is 0.571. The molecule has 0 saturated carbocycles. The predicted octanol–water partition coefficient (Wildman–Crippen LogP) is 2.53. The first-order valence-corrected chi connectivity index (χ1v) is 8.58. The fourth-order valence-electron chi connectivity index (χ4n) is 1.87. The number of sulfonamides is 1. The maximum Gasteiger partial charge on any atom is 0.244 e. The Morgan fingerprint density at radius 3 is 2.43 bits per heavy atom. The molecule has 21 heavy (non-hydrogen) atoms. The summed E-state index contributed by atoms with van der Waals surface area (Å²) in [5.41, 5.74) is 0.150. The second kappa shape index (κ2) is 6.96. The summed E-state index contributed by atoms with van der Waals surface area (Å²) in [6, 6.07) is 3.11. The van der Waals surface area contributed by atoms with Gasteiger partial charge in [0.1, 0.15) is 10.6 Å². The van der Waals surface area contributed by atoms with Gasteiger partial charge in [-0.15, -0.1) is 0 Å². The van der Waals surface area contributed by atoms with E-state index in [-0.39, 0.29) is 4.90 Å². The molecule has 120 valence electrons. The van der Waals surface area contributed by atoms with Gasteiger partial charge in [0.05, 0.1) is 7.11 Å². The van der Waals surface area contributed by atoms with Gasteiger partial charge < -0.3 is 10.1 Å². The zero-order chi connectivity index (χ0) is 16.3. The summed E-state index contributed by atoms with van der Waals surface area (Å²) in [4.78, 5) is 0.0595. The molecular formula is C14H23ClN2O3S. The molecule has 0 heterocycles. The van der Waals surface area contributed by atoms with E-state index in [9.17, 15) is 8.42 Å². The van der Waals surface area contributed by atoms with Gasteiger partial charge in [0.2, 0.25) is 10.0 Å². The van der Waals surface area contributed by atoms with Gasteiger partial charge >= 0.3 is 0 Å². The first kappa shape index (κ1) is 18.2. The van der Waals surface area contributed by atoms with E-state index in [0.717, 1.165) is 0 Å². The Bertz CT molecular complexity index is 600. The Morgan fingerprint density at radius 1 is 1.33 bits per heavy atom. The highest BCUT2D eigenvalue weighted by molar-refractivity contribution is 7.89. The second-order valence-corrected chi connectivity index (χ2v) is 7.56. The lowest BCUT2D eigenvalue weighted by Gasteiger charge is -2.25. The van der Waals surface area contributed by atoms with E-state index in [4.69, 9.17) is 16.3 Å². The molecule has 0 atom stereocenters. The molecule has 0 spiro atoms. The van der Waals surface area contributed by atoms with E-state index in [0.29, 0.717) is 29.3 Å². The molecule has 0 unspecified atom stereocenters. The van der Waals surface area contributed by atoms with Gasteiger partial charge in [0, 0.05) is 22.7 Å². The Morgan fingerprint density at radius 2 is 1.95 bits per heavy atom. The summed E-state index contributed by atoms with van der Waals surface area (Å²) in [5.74, 6) is 0.313. The molecule has 7 heteroatoms. The van der Waals surface area contributed by atoms with Crippen LogP contribution in [-0.2, 0) is 16.6 Å². The number of nitrogens with one attached hydrogen (secondary N) is 2. The van der Waals surface area contributed by atoms with Crippen molar-refractivity contribution in [2.45, 2.75) is 44.2 Å². The Hall–Kier alpha value is -0.820. The summed E-state index contributed by atoms with van der Waals surface area (Å²) in [6.07, 6.45) is 0.665. The summed E-state index contributed by atoms with van der Waals surface area (Å²) in [7, 11) is -0.502. The third-order valence-corrected chi connectivity index (χ3v) is 5.17. The predicted molar refractivity (Wildman–Crippen MR) is 85.5 cm³/mol. The zero-order valence-corrected chi connectivity index (χ0v) is 14.7. The van der Waals surface area contributed by atoms with Crippen LogP contribution in [0.1, 0.15) is 32.8 Å². The minimum Gasteiger partial charge on any atom is -0.495 e. The maximum absolute atomic E-state index is 12.6. The van der Waals surface area contributed by atoms with Crippen molar-refractivity contribution in [3.05, 3.63) is 22.7 Å². The third-order valence-electron chi connectivity index (χ3n) is 3.25. The van der Waals surface area contributed by atoms with Crippen molar-refractivity contribution in [2.24, 2.45) is 0 Å². The van der Waals surface area contributed by atoms with Crippen LogP contribution in [0.15, 0.2) is 17.0 Å². The van der Waals surface area contributed by atoms with Crippen molar-refractivity contribution < 1.29 is 13.2 Å². The first-order valence-electron chi connectivity index (χ1n) is 6.72. The minimum absolute atomic E-state index is 0.0595. The van der Waals surface area contributed by atoms with E-state index in [1.54, 1.807) is 13.1 Å². The van der Waals surface area contributed by atoms with Crippen LogP contribution in [0.5, 0.6) is 5.75 Å². The van der Waals surface area contributed by atoms with Gasteiger partial charge in [-0.25, -0.2) is 13.1 Å². The molecule has 1 aromatic rings. The molecular weight excluding hydrogens is 312 g/mol. The molecule has 1 rings (SSSR count). The number of rotatable bonds is 7. The highest BCUT2D eigenvalue weighted by atomic mass is 35.5. The van der Waals surface area contributed by atoms with E-state index < -0.39 is 15.6 Å². The first-order chi connectivity index (χ1) is 9.66. The maximum atomic E-state index is 12.6. The molecule has 0 aromatic heterocycles. The minimum atomic E-state index is -3.72. The molecule has 5 nitrogen and oxygen atoms in total. The smallest absolute Gasteiger partial charge is 0.244 e. The van der Waals surface area contributed by atoms with E-state index in [1.807, 2.05) is 20.8 Å². The van der Waals surface area contributed by atoms with Crippen LogP contribution in [0, 0.1) is 0 Å². The van der Waals surface area contributed by atoms with Crippen molar-refractivity contribution in [3.63, 3.8) is 0 Å². The molecule has 0 fully saturated rings. The number of benzene rings is 1.